The van der Waals surface area contributed by atoms with Crippen LogP contribution in [0.25, 0.3) is 39.2 Å². The second-order valence-electron chi connectivity index (χ2n) is 21.4. The molecule has 0 aliphatic carbocycles. The number of carbonyl (C=O) groups is 3. The molecule has 0 fully saturated rings. The van der Waals surface area contributed by atoms with E-state index in [-0.39, 0.29) is 24.3 Å². The number of ketones is 1. The standard InChI is InChI=1S/C23H23ClN4O2.C14H11Cl2N.C10H14N2O2.C8H7Cl2N.C7H8N2O2.C6H6BClO2.C3H9NO/c1-14(2)18-13-26-21(16-5-4-6-17(24)9-16)10-22(18)28-20-7-8-25-12-19(20)23(30)27-11-15(3)29;1-9(2)12-8-17-14(7-13(12)16)10-4-3-5-11(15)6-10;1-7(13)2-3-10(14)8-6-12-5-4-9(8)11;1-5(2)6-4-11-8(10)3-7(6)9;1-11-7(10)5-4-9-3-2-6(5)8;8-6-3-1-2-5(4-6)7(9)10;1-3(5)2-4/h4-10,12-13,15,29H,1,11H2,2-3H3,(H,27,30)(H,25,26,28);3-8H,1H2,2H3;4-7,13H,2-3H2,1H3,(H2,11,12);3-4H,1H2,2H3;2-4H,1H3,(H2,8,9);1-4,9-10H;3,5H,2,4H2,1H3/t15-;;7-;;;;3-/m0.0...0/s1. The first-order chi connectivity index (χ1) is 46.4. The van der Waals surface area contributed by atoms with Crippen molar-refractivity contribution in [3.05, 3.63) is 248 Å². The lowest BCUT2D eigenvalue weighted by atomic mass is 9.81. The molecule has 9 aromatic rings. The Morgan fingerprint density at radius 1 is 0.551 bits per heavy atom. The van der Waals surface area contributed by atoms with E-state index >= 15 is 0 Å². The second kappa shape index (κ2) is 43.6. The molecule has 0 saturated heterocycles. The van der Waals surface area contributed by atoms with Gasteiger partial charge in [-0.1, -0.05) is 126 Å². The highest BCUT2D eigenvalue weighted by Gasteiger charge is 2.17. The number of methoxy groups -OCH3 is 1. The van der Waals surface area contributed by atoms with E-state index in [9.17, 15) is 19.5 Å². The number of Topliss-reactive ketones (excluding diaryl/α,β-unsaturated/α-hetero) is 1. The van der Waals surface area contributed by atoms with Gasteiger partial charge in [-0.2, -0.15) is 0 Å². The number of aromatic nitrogens is 6. The van der Waals surface area contributed by atoms with Crippen molar-refractivity contribution in [3.63, 3.8) is 0 Å². The summed E-state index contributed by atoms with van der Waals surface area (Å²) in [6, 6.07) is 31.6. The fourth-order valence-corrected chi connectivity index (χ4v) is 9.03. The zero-order valence-corrected chi connectivity index (χ0v) is 59.4. The fourth-order valence-electron chi connectivity index (χ4n) is 7.61. The molecule has 0 aliphatic rings. The van der Waals surface area contributed by atoms with Gasteiger partial charge in [-0.3, -0.25) is 34.5 Å². The predicted octanol–water partition coefficient (Wildman–Crippen LogP) is 14.0. The van der Waals surface area contributed by atoms with E-state index in [4.69, 9.17) is 107 Å². The summed E-state index contributed by atoms with van der Waals surface area (Å²) in [5, 5.41) is 53.5. The number of hydrogen-bond acceptors (Lipinski definition) is 19. The molecule has 6 aromatic heterocycles. The van der Waals surface area contributed by atoms with E-state index in [1.54, 1.807) is 94.2 Å². The van der Waals surface area contributed by atoms with Crippen LogP contribution in [0, 0.1) is 0 Å². The summed E-state index contributed by atoms with van der Waals surface area (Å²) in [6.07, 6.45) is 13.4. The van der Waals surface area contributed by atoms with Gasteiger partial charge >= 0.3 is 13.1 Å². The number of ether oxygens (including phenoxy) is 1. The lowest BCUT2D eigenvalue weighted by Crippen LogP contribution is -2.31. The van der Waals surface area contributed by atoms with Crippen LogP contribution in [0.3, 0.4) is 0 Å². The Morgan fingerprint density at radius 2 is 1.01 bits per heavy atom. The molecule has 6 heterocycles. The van der Waals surface area contributed by atoms with Crippen molar-refractivity contribution in [2.24, 2.45) is 5.73 Å². The maximum Gasteiger partial charge on any atom is 0.488 e. The van der Waals surface area contributed by atoms with Gasteiger partial charge in [0.05, 0.1) is 63.7 Å². The molecule has 98 heavy (non-hydrogen) atoms. The van der Waals surface area contributed by atoms with E-state index in [0.717, 1.165) is 61.6 Å². The van der Waals surface area contributed by atoms with Gasteiger partial charge in [0.2, 0.25) is 0 Å². The molecular formula is C71H78BCl6N11O9. The number of anilines is 4. The Hall–Kier alpha value is -8.65. The van der Waals surface area contributed by atoms with Gasteiger partial charge in [-0.15, -0.1) is 0 Å². The molecule has 0 bridgehead atoms. The number of nitrogen functional groups attached to an aromatic ring is 2. The average Bonchev–Trinajstić information content (AvgIpc) is 0.813. The lowest BCUT2D eigenvalue weighted by Gasteiger charge is -2.16. The monoisotopic (exact) mass is 1450 g/mol. The number of halogens is 6. The third kappa shape index (κ3) is 30.0. The molecule has 516 valence electrons. The van der Waals surface area contributed by atoms with Crippen molar-refractivity contribution in [3.8, 4) is 22.5 Å². The Labute approximate surface area is 601 Å². The maximum absolute atomic E-state index is 12.6. The molecule has 0 spiro atoms. The van der Waals surface area contributed by atoms with Crippen molar-refractivity contribution in [2.45, 2.75) is 72.7 Å². The number of allylic oxidation sites excluding steroid dienone is 3. The molecule has 27 heteroatoms. The molecule has 0 aliphatic heterocycles. The van der Waals surface area contributed by atoms with Gasteiger partial charge in [0.1, 0.15) is 10.7 Å². The minimum absolute atomic E-state index is 0.0727. The number of pyridine rings is 6. The number of hydrogen-bond donors (Lipinski definition) is 10. The highest BCUT2D eigenvalue weighted by Crippen LogP contribution is 2.33. The van der Waals surface area contributed by atoms with Gasteiger partial charge in [0.15, 0.2) is 5.78 Å². The fraction of sp³-hybridized carbons (Fsp3) is 0.197. The Morgan fingerprint density at radius 3 is 1.44 bits per heavy atom. The van der Waals surface area contributed by atoms with Crippen molar-refractivity contribution in [1.29, 1.82) is 0 Å². The number of rotatable bonds is 17. The molecule has 3 aromatic carbocycles. The molecule has 9 rings (SSSR count). The molecule has 0 unspecified atom stereocenters. The first-order valence-corrected chi connectivity index (χ1v) is 32.0. The molecule has 13 N–H and O–H groups in total. The molecular weight excluding hydrogens is 1370 g/mol. The Balaban J connectivity index is 0.000000317. The highest BCUT2D eigenvalue weighted by atomic mass is 35.5. The smallest absolute Gasteiger partial charge is 0.465 e. The van der Waals surface area contributed by atoms with Gasteiger partial charge in [-0.05, 0) is 143 Å². The number of benzene rings is 3. The number of nitrogens with one attached hydrogen (secondary N) is 2. The number of nitrogens with two attached hydrogens (primary N) is 3. The van der Waals surface area contributed by atoms with Crippen molar-refractivity contribution < 1.29 is 44.5 Å². The van der Waals surface area contributed by atoms with Crippen LogP contribution in [0.15, 0.2) is 185 Å². The molecule has 1 amide bonds. The van der Waals surface area contributed by atoms with E-state index < -0.39 is 25.3 Å². The van der Waals surface area contributed by atoms with Crippen LogP contribution in [0.5, 0.6) is 0 Å². The van der Waals surface area contributed by atoms with E-state index in [1.807, 2.05) is 81.4 Å². The van der Waals surface area contributed by atoms with Crippen LogP contribution in [0.4, 0.5) is 22.7 Å². The van der Waals surface area contributed by atoms with Crippen LogP contribution < -0.4 is 33.3 Å². The normalized spacial score (nSPS) is 11.0. The summed E-state index contributed by atoms with van der Waals surface area (Å²) in [4.78, 5) is 59.4. The topological polar surface area (TPSA) is 341 Å². The van der Waals surface area contributed by atoms with Crippen LogP contribution in [0.2, 0.25) is 30.3 Å². The van der Waals surface area contributed by atoms with Gasteiger partial charge in [-0.25, -0.2) is 9.78 Å². The zero-order chi connectivity index (χ0) is 73.2. The minimum atomic E-state index is -1.43. The maximum atomic E-state index is 12.6. The Kier molecular flexibility index (Phi) is 37.2. The largest absolute Gasteiger partial charge is 0.488 e. The van der Waals surface area contributed by atoms with Crippen molar-refractivity contribution >= 4 is 139 Å². The van der Waals surface area contributed by atoms with Crippen LogP contribution in [-0.2, 0) is 4.74 Å². The first kappa shape index (κ1) is 83.6. The van der Waals surface area contributed by atoms with E-state index in [0.29, 0.717) is 88.9 Å². The molecule has 3 atom stereocenters. The third-order valence-corrected chi connectivity index (χ3v) is 14.3. The minimum Gasteiger partial charge on any atom is -0.465 e. The van der Waals surface area contributed by atoms with Gasteiger partial charge < -0.3 is 57.9 Å². The number of carbonyl (C=O) groups excluding carboxylic acids is 3. The third-order valence-electron chi connectivity index (χ3n) is 12.8. The summed E-state index contributed by atoms with van der Waals surface area (Å²) >= 11 is 35.3. The Bertz CT molecular complexity index is 4110. The zero-order valence-electron chi connectivity index (χ0n) is 54.9. The number of aliphatic hydroxyl groups excluding tert-OH is 3. The first-order valence-electron chi connectivity index (χ1n) is 29.7. The van der Waals surface area contributed by atoms with Crippen LogP contribution in [0.1, 0.15) is 102 Å². The summed E-state index contributed by atoms with van der Waals surface area (Å²) in [5.74, 6) is -0.861. The number of esters is 1. The number of amides is 1. The highest BCUT2D eigenvalue weighted by molar-refractivity contribution is 6.59. The van der Waals surface area contributed by atoms with E-state index in [2.05, 4.69) is 65.0 Å². The SMILES string of the molecule is C=C(C)c1cnc(-c2cccc(Cl)c2)cc1Cl.C=C(C)c1cnc(-c2cccc(Cl)c2)cc1Nc1ccncc1C(=O)NC[C@H](C)O.C=C(C)c1cnc(Cl)cc1Cl.COC(=O)c1cnccc1N.C[C@H](O)CCC(=O)c1cnccc1N.C[C@H](O)CN.OB(O)c1cccc(Cl)c1. The van der Waals surface area contributed by atoms with Crippen molar-refractivity contribution in [1.82, 2.24) is 35.2 Å². The number of aliphatic hydroxyl groups is 3. The second-order valence-corrected chi connectivity index (χ2v) is 23.9. The lowest BCUT2D eigenvalue weighted by molar-refractivity contribution is 0.0601. The molecule has 0 radical (unpaired) electrons. The molecule has 0 saturated carbocycles. The predicted molar refractivity (Wildman–Crippen MR) is 400 cm³/mol. The summed E-state index contributed by atoms with van der Waals surface area (Å²) in [6.45, 7) is 22.7. The van der Waals surface area contributed by atoms with E-state index in [1.165, 1.54) is 38.0 Å². The summed E-state index contributed by atoms with van der Waals surface area (Å²) < 4.78 is 4.46. The summed E-state index contributed by atoms with van der Waals surface area (Å²) in [5.41, 5.74) is 28.2. The quantitative estimate of drug-likeness (QED) is 0.0175. The number of nitrogens with zero attached hydrogens (tertiary/aromatic N) is 6. The molecule has 20 nitrogen and oxygen atoms in total. The van der Waals surface area contributed by atoms with Gasteiger partial charge in [0.25, 0.3) is 5.91 Å². The summed E-state index contributed by atoms with van der Waals surface area (Å²) in [7, 11) is -0.131. The van der Waals surface area contributed by atoms with Crippen molar-refractivity contribution in [2.75, 3.05) is 37.0 Å². The average molecular weight is 1450 g/mol. The van der Waals surface area contributed by atoms with Gasteiger partial charge in [0, 0.05) is 135 Å². The van der Waals surface area contributed by atoms with Crippen LogP contribution >= 0.6 is 69.6 Å². The van der Waals surface area contributed by atoms with Crippen LogP contribution in [-0.4, -0.2) is 119 Å².